The third kappa shape index (κ3) is 10.2. The Morgan fingerprint density at radius 1 is 0.267 bits per heavy atom. The molecule has 0 amide bonds. The van der Waals surface area contributed by atoms with Gasteiger partial charge in [0.2, 0.25) is 0 Å². The van der Waals surface area contributed by atoms with Crippen LogP contribution in [0.2, 0.25) is 0 Å². The minimum Gasteiger partial charge on any atom is -0.311 e. The molecule has 0 radical (unpaired) electrons. The van der Waals surface area contributed by atoms with Gasteiger partial charge < -0.3 is 18.9 Å². The molecule has 4 aliphatic rings. The maximum absolute atomic E-state index is 2.64. The molecular formula is C100H91BN4. The predicted octanol–water partition coefficient (Wildman–Crippen LogP) is 25.1. The molecule has 514 valence electrons. The van der Waals surface area contributed by atoms with E-state index in [0.717, 1.165) is 52.7 Å². The number of benzene rings is 13. The second-order valence-corrected chi connectivity index (χ2v) is 35.6. The molecule has 2 aromatic heterocycles. The number of hydrogen-bond donors (Lipinski definition) is 0. The molecular weight excluding hydrogens is 1270 g/mol. The van der Waals surface area contributed by atoms with Gasteiger partial charge in [-0.25, -0.2) is 0 Å². The van der Waals surface area contributed by atoms with E-state index in [1.54, 1.807) is 0 Å². The van der Waals surface area contributed by atoms with Crippen molar-refractivity contribution in [3.63, 3.8) is 0 Å². The first-order valence-corrected chi connectivity index (χ1v) is 38.1. The first-order chi connectivity index (χ1) is 50.3. The molecule has 2 aliphatic heterocycles. The maximum Gasteiger partial charge on any atom is 0.252 e. The number of anilines is 6. The van der Waals surface area contributed by atoms with Gasteiger partial charge in [0.15, 0.2) is 0 Å². The summed E-state index contributed by atoms with van der Waals surface area (Å²) in [7, 11) is 0. The lowest BCUT2D eigenvalue weighted by Gasteiger charge is -2.44. The third-order valence-corrected chi connectivity index (χ3v) is 24.6. The average Bonchev–Trinajstić information content (AvgIpc) is 1.68. The predicted molar refractivity (Wildman–Crippen MR) is 450 cm³/mol. The second kappa shape index (κ2) is 22.8. The minimum absolute atomic E-state index is 0.0635. The zero-order valence-corrected chi connectivity index (χ0v) is 63.3. The Morgan fingerprint density at radius 2 is 0.619 bits per heavy atom. The van der Waals surface area contributed by atoms with Crippen LogP contribution in [0.25, 0.3) is 99.5 Å². The molecule has 13 aromatic carbocycles. The van der Waals surface area contributed by atoms with Crippen molar-refractivity contribution in [3.8, 4) is 55.9 Å². The summed E-state index contributed by atoms with van der Waals surface area (Å²) >= 11 is 0. The first kappa shape index (κ1) is 64.9. The van der Waals surface area contributed by atoms with Crippen LogP contribution in [0.5, 0.6) is 0 Å². The summed E-state index contributed by atoms with van der Waals surface area (Å²) in [6.45, 7) is 33.2. The van der Waals surface area contributed by atoms with Gasteiger partial charge >= 0.3 is 0 Å². The van der Waals surface area contributed by atoms with Gasteiger partial charge in [0.05, 0.1) is 27.8 Å². The molecule has 5 heteroatoms. The Bertz CT molecular complexity index is 6030. The molecule has 0 atom stereocenters. The highest BCUT2D eigenvalue weighted by Crippen LogP contribution is 2.54. The van der Waals surface area contributed by atoms with Gasteiger partial charge in [0.25, 0.3) is 6.71 Å². The van der Waals surface area contributed by atoms with Crippen LogP contribution in [0.1, 0.15) is 143 Å². The monoisotopic (exact) mass is 1360 g/mol. The zero-order valence-electron chi connectivity index (χ0n) is 63.3. The lowest BCUT2D eigenvalue weighted by molar-refractivity contribution is 0.402. The Balaban J connectivity index is 0.898. The van der Waals surface area contributed by atoms with Crippen LogP contribution in [0, 0.1) is 0 Å². The van der Waals surface area contributed by atoms with E-state index in [1.165, 1.54) is 144 Å². The molecule has 0 unspecified atom stereocenters. The van der Waals surface area contributed by atoms with E-state index in [4.69, 9.17) is 0 Å². The summed E-state index contributed by atoms with van der Waals surface area (Å²) in [5, 5.41) is 4.99. The molecule has 105 heavy (non-hydrogen) atoms. The lowest BCUT2D eigenvalue weighted by Crippen LogP contribution is -2.61. The Hall–Kier alpha value is -10.9. The van der Waals surface area contributed by atoms with Crippen LogP contribution in [-0.4, -0.2) is 15.8 Å². The van der Waals surface area contributed by atoms with Gasteiger partial charge in [-0.3, -0.25) is 0 Å². The number of hydrogen-bond acceptors (Lipinski definition) is 2. The van der Waals surface area contributed by atoms with Crippen molar-refractivity contribution in [2.75, 3.05) is 9.80 Å². The van der Waals surface area contributed by atoms with Gasteiger partial charge in [-0.1, -0.05) is 273 Å². The molecule has 4 heterocycles. The van der Waals surface area contributed by atoms with Crippen molar-refractivity contribution in [2.24, 2.45) is 0 Å². The third-order valence-electron chi connectivity index (χ3n) is 24.6. The molecule has 0 bridgehead atoms. The fourth-order valence-electron chi connectivity index (χ4n) is 19.8. The first-order valence-electron chi connectivity index (χ1n) is 38.1. The number of rotatable bonds is 8. The number of fused-ring (bicyclic) bond motifs is 12. The standard InChI is InChI=1S/C100H91BN4/c1-95(2,3)70-37-49-88-78(55-70)79-56-71(96(4,5)6)38-50-89(79)105(88)75-58-92-94-93(59-75)103(73-41-31-65(32-42-73)68-34-45-81-83(53-68)100(13,14)61-98(81,9)10)91-57-74(104-86-28-22-21-27-76(86)77-51-66(36-48-87(77)104)62-23-17-15-18-24-62)43-47-85(91)101(94)84-46-35-69(63-25-19-16-20-26-63)54-90(84)102(92)72-39-29-64(30-40-72)67-33-44-80-82(52-67)99(11,12)60-97(80,7)8/h15-59H,60-61H2,1-14H3. The summed E-state index contributed by atoms with van der Waals surface area (Å²) in [5.41, 5.74) is 36.0. The number of aromatic nitrogens is 2. The molecule has 4 nitrogen and oxygen atoms in total. The highest BCUT2D eigenvalue weighted by molar-refractivity contribution is 7.00. The van der Waals surface area contributed by atoms with E-state index >= 15 is 0 Å². The van der Waals surface area contributed by atoms with Crippen LogP contribution >= 0.6 is 0 Å². The highest BCUT2D eigenvalue weighted by atomic mass is 15.2. The van der Waals surface area contributed by atoms with E-state index in [9.17, 15) is 0 Å². The van der Waals surface area contributed by atoms with Gasteiger partial charge in [0.1, 0.15) is 0 Å². The van der Waals surface area contributed by atoms with E-state index in [2.05, 4.69) is 389 Å². The normalized spacial score (nSPS) is 15.9. The quantitative estimate of drug-likeness (QED) is 0.141. The molecule has 0 saturated heterocycles. The van der Waals surface area contributed by atoms with Gasteiger partial charge in [0, 0.05) is 61.4 Å². The number of nitrogens with zero attached hydrogens (tertiary/aromatic N) is 4. The van der Waals surface area contributed by atoms with E-state index in [-0.39, 0.29) is 39.2 Å². The van der Waals surface area contributed by atoms with E-state index in [0.29, 0.717) is 0 Å². The van der Waals surface area contributed by atoms with Crippen LogP contribution in [0.3, 0.4) is 0 Å². The average molecular weight is 1360 g/mol. The summed E-state index contributed by atoms with van der Waals surface area (Å²) in [6.07, 6.45) is 2.25. The molecule has 15 aromatic rings. The van der Waals surface area contributed by atoms with E-state index in [1.807, 2.05) is 0 Å². The molecule has 0 fully saturated rings. The van der Waals surface area contributed by atoms with Crippen molar-refractivity contribution < 1.29 is 0 Å². The van der Waals surface area contributed by atoms with Gasteiger partial charge in [-0.05, 0) is 237 Å². The SMILES string of the molecule is CC(C)(C)c1ccc2c(c1)c1cc(C(C)(C)C)ccc1n2-c1cc2c3c(c1)N(c1ccc(-c4ccc5c(c4)C(C)(C)CC5(C)C)cc1)c1cc(-n4c5ccccc5c5cc(-c6ccccc6)ccc54)ccc1B3c1ccc(-c3ccccc3)cc1N2c1ccc(-c2ccc3c(c2)C(C)(C)CC3(C)C)cc1. The highest BCUT2D eigenvalue weighted by Gasteiger charge is 2.46. The molecule has 0 spiro atoms. The van der Waals surface area contributed by atoms with Crippen molar-refractivity contribution in [1.82, 2.24) is 9.13 Å². The summed E-state index contributed by atoms with van der Waals surface area (Å²) < 4.78 is 5.11. The van der Waals surface area contributed by atoms with E-state index < -0.39 is 0 Å². The van der Waals surface area contributed by atoms with Crippen molar-refractivity contribution >= 4 is 101 Å². The maximum atomic E-state index is 2.64. The largest absolute Gasteiger partial charge is 0.311 e. The summed E-state index contributed by atoms with van der Waals surface area (Å²) in [5.74, 6) is 0. The summed E-state index contributed by atoms with van der Waals surface area (Å²) in [6, 6.07) is 106. The summed E-state index contributed by atoms with van der Waals surface area (Å²) in [4.78, 5) is 5.27. The fourth-order valence-corrected chi connectivity index (χ4v) is 19.8. The topological polar surface area (TPSA) is 16.3 Å². The lowest BCUT2D eigenvalue weighted by atomic mass is 9.33. The number of para-hydroxylation sites is 1. The Labute approximate surface area is 620 Å². The van der Waals surface area contributed by atoms with Crippen LogP contribution < -0.4 is 26.2 Å². The molecule has 2 aliphatic carbocycles. The van der Waals surface area contributed by atoms with Crippen LogP contribution in [0.4, 0.5) is 34.1 Å². The van der Waals surface area contributed by atoms with Gasteiger partial charge in [-0.2, -0.15) is 0 Å². The molecule has 0 saturated carbocycles. The molecule has 19 rings (SSSR count). The van der Waals surface area contributed by atoms with Crippen LogP contribution in [-0.2, 0) is 32.5 Å². The van der Waals surface area contributed by atoms with Crippen LogP contribution in [0.15, 0.2) is 273 Å². The van der Waals surface area contributed by atoms with Crippen molar-refractivity contribution in [2.45, 2.75) is 142 Å². The zero-order chi connectivity index (χ0) is 72.2. The fraction of sp³-hybridized carbons (Fsp3) is 0.220. The minimum atomic E-state index is -0.162. The van der Waals surface area contributed by atoms with Crippen molar-refractivity contribution in [3.05, 3.63) is 306 Å². The molecule has 0 N–H and O–H groups in total. The second-order valence-electron chi connectivity index (χ2n) is 35.6. The Kier molecular flexibility index (Phi) is 14.1. The smallest absolute Gasteiger partial charge is 0.252 e. The Morgan fingerprint density at radius 3 is 1.12 bits per heavy atom. The van der Waals surface area contributed by atoms with Crippen molar-refractivity contribution in [1.29, 1.82) is 0 Å². The van der Waals surface area contributed by atoms with Gasteiger partial charge in [-0.15, -0.1) is 0 Å².